The summed E-state index contributed by atoms with van der Waals surface area (Å²) in [5, 5.41) is 2.96. The summed E-state index contributed by atoms with van der Waals surface area (Å²) >= 11 is 0. The molecule has 4 nitrogen and oxygen atoms in total. The van der Waals surface area contributed by atoms with E-state index in [0.29, 0.717) is 24.1 Å². The van der Waals surface area contributed by atoms with Crippen molar-refractivity contribution in [2.24, 2.45) is 0 Å². The standard InChI is InChI=1S/C14H13F3N2.C13H8F3NO/c1-18-8-10-6-7-13(19-9-10)11-4-2-3-5-12(11)14(15,16)17;14-13(15,16)11-4-2-1-3-10(11)12-6-5-9(8-18)7-17-12/h2-7,9,18H,8H2,1H3;1-8H. The summed E-state index contributed by atoms with van der Waals surface area (Å²) in [6, 6.07) is 16.9. The smallest absolute Gasteiger partial charge is 0.316 e. The molecule has 2 aromatic carbocycles. The van der Waals surface area contributed by atoms with Crippen molar-refractivity contribution < 1.29 is 31.1 Å². The van der Waals surface area contributed by atoms with E-state index in [1.54, 1.807) is 31.4 Å². The van der Waals surface area contributed by atoms with Crippen molar-refractivity contribution in [3.05, 3.63) is 107 Å². The Morgan fingerprint density at radius 2 is 1.19 bits per heavy atom. The van der Waals surface area contributed by atoms with Gasteiger partial charge in [-0.1, -0.05) is 42.5 Å². The lowest BCUT2D eigenvalue weighted by Gasteiger charge is -2.12. The molecule has 0 fully saturated rings. The van der Waals surface area contributed by atoms with Gasteiger partial charge in [0.25, 0.3) is 0 Å². The molecule has 2 heterocycles. The van der Waals surface area contributed by atoms with Gasteiger partial charge in [-0.05, 0) is 42.9 Å². The monoisotopic (exact) mass is 517 g/mol. The predicted octanol–water partition coefficient (Wildman–Crippen LogP) is 7.07. The van der Waals surface area contributed by atoms with E-state index in [4.69, 9.17) is 0 Å². The lowest BCUT2D eigenvalue weighted by Crippen LogP contribution is -2.08. The number of carbonyl (C=O) groups is 1. The van der Waals surface area contributed by atoms with Crippen molar-refractivity contribution >= 4 is 6.29 Å². The first-order valence-electron chi connectivity index (χ1n) is 10.9. The molecule has 10 heteroatoms. The maximum atomic E-state index is 12.9. The fourth-order valence-corrected chi connectivity index (χ4v) is 3.43. The Morgan fingerprint density at radius 3 is 1.57 bits per heavy atom. The number of halogens is 6. The molecule has 0 saturated heterocycles. The second-order valence-electron chi connectivity index (χ2n) is 7.76. The van der Waals surface area contributed by atoms with E-state index >= 15 is 0 Å². The molecular formula is C27H21F6N3O. The first-order chi connectivity index (χ1) is 17.5. The summed E-state index contributed by atoms with van der Waals surface area (Å²) < 4.78 is 77.1. The van der Waals surface area contributed by atoms with E-state index < -0.39 is 23.5 Å². The Bertz CT molecular complexity index is 1320. The zero-order chi connectivity index (χ0) is 27.1. The van der Waals surface area contributed by atoms with Crippen LogP contribution in [0.4, 0.5) is 26.3 Å². The van der Waals surface area contributed by atoms with E-state index in [1.165, 1.54) is 48.7 Å². The third-order valence-electron chi connectivity index (χ3n) is 5.14. The number of benzene rings is 2. The minimum atomic E-state index is -4.43. The molecule has 0 unspecified atom stereocenters. The molecule has 0 atom stereocenters. The molecule has 37 heavy (non-hydrogen) atoms. The summed E-state index contributed by atoms with van der Waals surface area (Å²) in [4.78, 5) is 18.4. The van der Waals surface area contributed by atoms with E-state index in [1.807, 2.05) is 0 Å². The van der Waals surface area contributed by atoms with Gasteiger partial charge in [0.2, 0.25) is 0 Å². The Morgan fingerprint density at radius 1 is 0.703 bits per heavy atom. The Kier molecular flexibility index (Phi) is 8.77. The highest BCUT2D eigenvalue weighted by Crippen LogP contribution is 2.37. The van der Waals surface area contributed by atoms with E-state index in [2.05, 4.69) is 15.3 Å². The molecule has 4 rings (SSSR count). The highest BCUT2D eigenvalue weighted by Gasteiger charge is 2.34. The van der Waals surface area contributed by atoms with Gasteiger partial charge in [-0.3, -0.25) is 14.8 Å². The van der Waals surface area contributed by atoms with Gasteiger partial charge in [0.1, 0.15) is 0 Å². The molecule has 192 valence electrons. The maximum Gasteiger partial charge on any atom is 0.417 e. The second-order valence-corrected chi connectivity index (χ2v) is 7.76. The van der Waals surface area contributed by atoms with Gasteiger partial charge in [0.05, 0.1) is 22.5 Å². The molecule has 0 aliphatic heterocycles. The van der Waals surface area contributed by atoms with E-state index in [0.717, 1.165) is 17.7 Å². The summed E-state index contributed by atoms with van der Waals surface area (Å²) in [5.41, 5.74) is 0.467. The lowest BCUT2D eigenvalue weighted by atomic mass is 10.0. The molecule has 0 radical (unpaired) electrons. The number of pyridine rings is 2. The van der Waals surface area contributed by atoms with Crippen molar-refractivity contribution in [2.75, 3.05) is 7.05 Å². The largest absolute Gasteiger partial charge is 0.417 e. The second kappa shape index (κ2) is 11.8. The number of alkyl halides is 6. The van der Waals surface area contributed by atoms with Crippen molar-refractivity contribution in [3.8, 4) is 22.5 Å². The number of hydrogen-bond acceptors (Lipinski definition) is 4. The number of aromatic nitrogens is 2. The maximum absolute atomic E-state index is 12.9. The van der Waals surface area contributed by atoms with E-state index in [9.17, 15) is 31.1 Å². The van der Waals surface area contributed by atoms with Crippen LogP contribution in [0.25, 0.3) is 22.5 Å². The molecular weight excluding hydrogens is 496 g/mol. The molecule has 4 aromatic rings. The van der Waals surface area contributed by atoms with Crippen LogP contribution < -0.4 is 5.32 Å². The van der Waals surface area contributed by atoms with Gasteiger partial charge in [-0.15, -0.1) is 0 Å². The van der Waals surface area contributed by atoms with Crippen LogP contribution in [0.1, 0.15) is 27.0 Å². The van der Waals surface area contributed by atoms with Gasteiger partial charge < -0.3 is 5.32 Å². The van der Waals surface area contributed by atoms with Crippen LogP contribution in [0.15, 0.2) is 85.2 Å². The minimum Gasteiger partial charge on any atom is -0.316 e. The van der Waals surface area contributed by atoms with Crippen LogP contribution in [0, 0.1) is 0 Å². The first kappa shape index (κ1) is 27.5. The van der Waals surface area contributed by atoms with Crippen molar-refractivity contribution in [2.45, 2.75) is 18.9 Å². The quantitative estimate of drug-likeness (QED) is 0.227. The van der Waals surface area contributed by atoms with Crippen molar-refractivity contribution in [3.63, 3.8) is 0 Å². The minimum absolute atomic E-state index is 0.00227. The molecule has 0 aliphatic carbocycles. The Hall–Kier alpha value is -4.05. The normalized spacial score (nSPS) is 11.4. The lowest BCUT2D eigenvalue weighted by molar-refractivity contribution is -0.137. The molecule has 0 spiro atoms. The zero-order valence-electron chi connectivity index (χ0n) is 19.4. The number of nitrogens with zero attached hydrogens (tertiary/aromatic N) is 2. The van der Waals surface area contributed by atoms with Gasteiger partial charge in [-0.2, -0.15) is 26.3 Å². The number of aldehydes is 1. The SMILES string of the molecule is CNCc1ccc(-c2ccccc2C(F)(F)F)nc1.O=Cc1ccc(-c2ccccc2C(F)(F)F)nc1. The number of rotatable bonds is 5. The Balaban J connectivity index is 0.000000206. The van der Waals surface area contributed by atoms with Gasteiger partial charge >= 0.3 is 12.4 Å². The average Bonchev–Trinajstić information content (AvgIpc) is 2.89. The fourth-order valence-electron chi connectivity index (χ4n) is 3.43. The van der Waals surface area contributed by atoms with Crippen LogP contribution in [0.2, 0.25) is 0 Å². The summed E-state index contributed by atoms with van der Waals surface area (Å²) in [5.74, 6) is 0. The van der Waals surface area contributed by atoms with Crippen molar-refractivity contribution in [1.29, 1.82) is 0 Å². The fraction of sp³-hybridized carbons (Fsp3) is 0.148. The highest BCUT2D eigenvalue weighted by atomic mass is 19.4. The average molecular weight is 517 g/mol. The van der Waals surface area contributed by atoms with Crippen LogP contribution in [0.5, 0.6) is 0 Å². The zero-order valence-corrected chi connectivity index (χ0v) is 19.4. The number of hydrogen-bond donors (Lipinski definition) is 1. The van der Waals surface area contributed by atoms with Gasteiger partial charge in [0, 0.05) is 35.6 Å². The molecule has 0 saturated carbocycles. The predicted molar refractivity (Wildman–Crippen MR) is 128 cm³/mol. The molecule has 0 aliphatic rings. The summed E-state index contributed by atoms with van der Waals surface area (Å²) in [7, 11) is 1.80. The number of nitrogens with one attached hydrogen (secondary N) is 1. The van der Waals surface area contributed by atoms with Crippen LogP contribution in [-0.2, 0) is 18.9 Å². The topological polar surface area (TPSA) is 54.9 Å². The van der Waals surface area contributed by atoms with Crippen LogP contribution in [0.3, 0.4) is 0 Å². The molecule has 1 N–H and O–H groups in total. The Labute approximate surface area is 209 Å². The van der Waals surface area contributed by atoms with Crippen LogP contribution in [-0.4, -0.2) is 23.3 Å². The van der Waals surface area contributed by atoms with Crippen molar-refractivity contribution in [1.82, 2.24) is 15.3 Å². The molecule has 0 amide bonds. The first-order valence-corrected chi connectivity index (χ1v) is 10.9. The summed E-state index contributed by atoms with van der Waals surface area (Å²) in [6.07, 6.45) is -5.38. The highest BCUT2D eigenvalue weighted by molar-refractivity contribution is 5.75. The molecule has 2 aromatic heterocycles. The van der Waals surface area contributed by atoms with Gasteiger partial charge in [-0.25, -0.2) is 0 Å². The van der Waals surface area contributed by atoms with E-state index in [-0.39, 0.29) is 16.8 Å². The molecule has 0 bridgehead atoms. The van der Waals surface area contributed by atoms with Gasteiger partial charge in [0.15, 0.2) is 6.29 Å². The van der Waals surface area contributed by atoms with Crippen LogP contribution >= 0.6 is 0 Å². The third kappa shape index (κ3) is 7.23. The summed E-state index contributed by atoms with van der Waals surface area (Å²) in [6.45, 7) is 0.633. The number of carbonyl (C=O) groups excluding carboxylic acids is 1. The third-order valence-corrected chi connectivity index (χ3v) is 5.14.